The fourth-order valence-corrected chi connectivity index (χ4v) is 2.34. The Morgan fingerprint density at radius 2 is 1.94 bits per heavy atom. The number of hydrogen-bond donors (Lipinski definition) is 2. The molecule has 5 heteroatoms. The number of nitrogens with one attached hydrogen (secondary N) is 2. The summed E-state index contributed by atoms with van der Waals surface area (Å²) in [5.74, 6) is 0.0766. The van der Waals surface area contributed by atoms with Gasteiger partial charge in [0.05, 0.1) is 18.8 Å². The van der Waals surface area contributed by atoms with Gasteiger partial charge in [0.1, 0.15) is 0 Å². The highest BCUT2D eigenvalue weighted by atomic mass is 16.5. The van der Waals surface area contributed by atoms with Crippen LogP contribution in [0.15, 0.2) is 0 Å². The van der Waals surface area contributed by atoms with Crippen molar-refractivity contribution in [2.75, 3.05) is 26.8 Å². The summed E-state index contributed by atoms with van der Waals surface area (Å²) < 4.78 is 10.5. The zero-order chi connectivity index (χ0) is 13.4. The third-order valence-corrected chi connectivity index (χ3v) is 3.11. The highest BCUT2D eigenvalue weighted by Gasteiger charge is 2.23. The summed E-state index contributed by atoms with van der Waals surface area (Å²) in [7, 11) is 1.63. The van der Waals surface area contributed by atoms with Crippen LogP contribution >= 0.6 is 0 Å². The van der Waals surface area contributed by atoms with E-state index >= 15 is 0 Å². The van der Waals surface area contributed by atoms with Gasteiger partial charge in [-0.3, -0.25) is 4.79 Å². The van der Waals surface area contributed by atoms with Crippen molar-refractivity contribution >= 4 is 5.91 Å². The van der Waals surface area contributed by atoms with Crippen LogP contribution in [-0.2, 0) is 14.3 Å². The number of ether oxygens (including phenoxy) is 2. The monoisotopic (exact) mass is 258 g/mol. The summed E-state index contributed by atoms with van der Waals surface area (Å²) >= 11 is 0. The second kappa shape index (κ2) is 8.45. The SMILES string of the molecule is COCCNC(=O)CCNC1CC(C)OC(C)C1. The van der Waals surface area contributed by atoms with Crippen molar-refractivity contribution in [1.29, 1.82) is 0 Å². The zero-order valence-corrected chi connectivity index (χ0v) is 11.7. The molecule has 0 spiro atoms. The molecule has 1 rings (SSSR count). The molecule has 1 heterocycles. The molecule has 18 heavy (non-hydrogen) atoms. The molecule has 0 radical (unpaired) electrons. The van der Waals surface area contributed by atoms with Gasteiger partial charge in [0.15, 0.2) is 0 Å². The molecule has 0 aromatic heterocycles. The molecule has 1 aliphatic rings. The van der Waals surface area contributed by atoms with Crippen LogP contribution in [0.2, 0.25) is 0 Å². The van der Waals surface area contributed by atoms with Crippen molar-refractivity contribution in [2.24, 2.45) is 0 Å². The Balaban J connectivity index is 2.08. The molecule has 2 atom stereocenters. The van der Waals surface area contributed by atoms with Gasteiger partial charge in [-0.15, -0.1) is 0 Å². The van der Waals surface area contributed by atoms with Gasteiger partial charge in [-0.1, -0.05) is 0 Å². The number of rotatable bonds is 7. The van der Waals surface area contributed by atoms with E-state index < -0.39 is 0 Å². The number of carbonyl (C=O) groups excluding carboxylic acids is 1. The van der Waals surface area contributed by atoms with E-state index in [1.54, 1.807) is 7.11 Å². The Labute approximate surface area is 110 Å². The van der Waals surface area contributed by atoms with E-state index in [1.165, 1.54) is 0 Å². The average molecular weight is 258 g/mol. The first-order valence-corrected chi connectivity index (χ1v) is 6.76. The van der Waals surface area contributed by atoms with Gasteiger partial charge in [0.2, 0.25) is 5.91 Å². The lowest BCUT2D eigenvalue weighted by Gasteiger charge is -2.32. The van der Waals surface area contributed by atoms with Gasteiger partial charge in [0.25, 0.3) is 0 Å². The minimum atomic E-state index is 0.0766. The molecule has 1 amide bonds. The van der Waals surface area contributed by atoms with Crippen molar-refractivity contribution in [3.05, 3.63) is 0 Å². The van der Waals surface area contributed by atoms with Gasteiger partial charge in [-0.2, -0.15) is 0 Å². The normalized spacial score (nSPS) is 28.1. The fraction of sp³-hybridized carbons (Fsp3) is 0.923. The second-order valence-electron chi connectivity index (χ2n) is 4.97. The summed E-state index contributed by atoms with van der Waals surface area (Å²) in [6, 6.07) is 0.468. The Bertz CT molecular complexity index is 238. The van der Waals surface area contributed by atoms with E-state index in [0.717, 1.165) is 19.4 Å². The molecule has 0 aromatic carbocycles. The third-order valence-electron chi connectivity index (χ3n) is 3.11. The van der Waals surface area contributed by atoms with E-state index in [0.29, 0.717) is 37.8 Å². The molecule has 106 valence electrons. The summed E-state index contributed by atoms with van der Waals surface area (Å²) in [6.07, 6.45) is 3.18. The number of carbonyl (C=O) groups is 1. The predicted molar refractivity (Wildman–Crippen MR) is 70.5 cm³/mol. The largest absolute Gasteiger partial charge is 0.383 e. The summed E-state index contributed by atoms with van der Waals surface area (Å²) in [4.78, 5) is 11.5. The smallest absolute Gasteiger partial charge is 0.221 e. The zero-order valence-electron chi connectivity index (χ0n) is 11.7. The lowest BCUT2D eigenvalue weighted by atomic mass is 10.00. The first-order chi connectivity index (χ1) is 8.61. The number of hydrogen-bond acceptors (Lipinski definition) is 4. The lowest BCUT2D eigenvalue weighted by Crippen LogP contribution is -2.42. The molecule has 1 fully saturated rings. The molecule has 0 bridgehead atoms. The molecule has 0 saturated carbocycles. The maximum absolute atomic E-state index is 11.5. The molecule has 2 N–H and O–H groups in total. The fourth-order valence-electron chi connectivity index (χ4n) is 2.34. The van der Waals surface area contributed by atoms with E-state index in [4.69, 9.17) is 9.47 Å². The molecule has 0 aromatic rings. The van der Waals surface area contributed by atoms with Gasteiger partial charge in [0, 0.05) is 32.7 Å². The Hall–Kier alpha value is -0.650. The van der Waals surface area contributed by atoms with Crippen molar-refractivity contribution in [2.45, 2.75) is 51.4 Å². The topological polar surface area (TPSA) is 59.6 Å². The standard InChI is InChI=1S/C13H26N2O3/c1-10-8-12(9-11(2)18-10)14-5-4-13(16)15-6-7-17-3/h10-12,14H,4-9H2,1-3H3,(H,15,16). The summed E-state index contributed by atoms with van der Waals surface area (Å²) in [5, 5.41) is 6.24. The van der Waals surface area contributed by atoms with Crippen LogP contribution in [0.4, 0.5) is 0 Å². The highest BCUT2D eigenvalue weighted by molar-refractivity contribution is 5.76. The Morgan fingerprint density at radius 1 is 1.28 bits per heavy atom. The third kappa shape index (κ3) is 6.33. The Kier molecular flexibility index (Phi) is 7.23. The van der Waals surface area contributed by atoms with E-state index in [1.807, 2.05) is 0 Å². The van der Waals surface area contributed by atoms with Gasteiger partial charge in [-0.25, -0.2) is 0 Å². The van der Waals surface area contributed by atoms with Gasteiger partial charge < -0.3 is 20.1 Å². The maximum atomic E-state index is 11.5. The lowest BCUT2D eigenvalue weighted by molar-refractivity contribution is -0.121. The minimum absolute atomic E-state index is 0.0766. The molecule has 1 aliphatic heterocycles. The van der Waals surface area contributed by atoms with Crippen molar-refractivity contribution in [3.8, 4) is 0 Å². The molecule has 2 unspecified atom stereocenters. The maximum Gasteiger partial charge on any atom is 0.221 e. The van der Waals surface area contributed by atoms with Crippen LogP contribution in [0.5, 0.6) is 0 Å². The molecule has 1 saturated heterocycles. The first kappa shape index (κ1) is 15.4. The quantitative estimate of drug-likeness (QED) is 0.660. The summed E-state index contributed by atoms with van der Waals surface area (Å²) in [5.41, 5.74) is 0. The van der Waals surface area contributed by atoms with Crippen molar-refractivity contribution in [1.82, 2.24) is 10.6 Å². The van der Waals surface area contributed by atoms with Gasteiger partial charge >= 0.3 is 0 Å². The molecular weight excluding hydrogens is 232 g/mol. The van der Waals surface area contributed by atoms with Gasteiger partial charge in [-0.05, 0) is 26.7 Å². The van der Waals surface area contributed by atoms with E-state index in [-0.39, 0.29) is 5.91 Å². The van der Waals surface area contributed by atoms with Crippen LogP contribution in [-0.4, -0.2) is 51.0 Å². The van der Waals surface area contributed by atoms with Crippen LogP contribution in [0.25, 0.3) is 0 Å². The van der Waals surface area contributed by atoms with Crippen LogP contribution < -0.4 is 10.6 Å². The highest BCUT2D eigenvalue weighted by Crippen LogP contribution is 2.18. The molecule has 0 aliphatic carbocycles. The minimum Gasteiger partial charge on any atom is -0.383 e. The first-order valence-electron chi connectivity index (χ1n) is 6.76. The van der Waals surface area contributed by atoms with E-state index in [2.05, 4.69) is 24.5 Å². The number of methoxy groups -OCH3 is 1. The summed E-state index contributed by atoms with van der Waals surface area (Å²) in [6.45, 7) is 6.07. The average Bonchev–Trinajstić information content (AvgIpc) is 2.28. The Morgan fingerprint density at radius 3 is 2.56 bits per heavy atom. The van der Waals surface area contributed by atoms with Crippen molar-refractivity contribution < 1.29 is 14.3 Å². The second-order valence-corrected chi connectivity index (χ2v) is 4.97. The van der Waals surface area contributed by atoms with Crippen molar-refractivity contribution in [3.63, 3.8) is 0 Å². The van der Waals surface area contributed by atoms with E-state index in [9.17, 15) is 4.79 Å². The van der Waals surface area contributed by atoms with Crippen LogP contribution in [0, 0.1) is 0 Å². The molecular formula is C13H26N2O3. The number of amides is 1. The van der Waals surface area contributed by atoms with Crippen LogP contribution in [0.3, 0.4) is 0 Å². The predicted octanol–water partition coefficient (Wildman–Crippen LogP) is 0.685. The van der Waals surface area contributed by atoms with Crippen LogP contribution in [0.1, 0.15) is 33.1 Å². The molecule has 5 nitrogen and oxygen atoms in total.